The van der Waals surface area contributed by atoms with Crippen LogP contribution in [0, 0.1) is 0 Å². The van der Waals surface area contributed by atoms with Crippen molar-refractivity contribution in [1.82, 2.24) is 0 Å². The fourth-order valence-corrected chi connectivity index (χ4v) is 9.28. The van der Waals surface area contributed by atoms with Crippen LogP contribution in [-0.2, 0) is 28.6 Å². The predicted molar refractivity (Wildman–Crippen MR) is 312 cm³/mol. The zero-order chi connectivity index (χ0) is 52.2. The second-order valence-electron chi connectivity index (χ2n) is 21.3. The topological polar surface area (TPSA) is 78.9 Å². The van der Waals surface area contributed by atoms with Crippen molar-refractivity contribution in [2.24, 2.45) is 0 Å². The van der Waals surface area contributed by atoms with E-state index in [1.807, 2.05) is 0 Å². The number of allylic oxidation sites excluding steroid dienone is 8. The van der Waals surface area contributed by atoms with Crippen LogP contribution in [0.1, 0.15) is 335 Å². The maximum Gasteiger partial charge on any atom is 0.306 e. The van der Waals surface area contributed by atoms with Gasteiger partial charge in [-0.05, 0) is 77.0 Å². The number of carbonyl (C=O) groups is 3. The lowest BCUT2D eigenvalue weighted by Gasteiger charge is -2.18. The van der Waals surface area contributed by atoms with Gasteiger partial charge in [0.2, 0.25) is 0 Å². The summed E-state index contributed by atoms with van der Waals surface area (Å²) in [4.78, 5) is 38.2. The van der Waals surface area contributed by atoms with E-state index in [2.05, 4.69) is 69.4 Å². The van der Waals surface area contributed by atoms with Gasteiger partial charge in [-0.2, -0.15) is 0 Å². The molecule has 6 heteroatoms. The summed E-state index contributed by atoms with van der Waals surface area (Å²) in [7, 11) is 0. The van der Waals surface area contributed by atoms with Crippen molar-refractivity contribution in [1.29, 1.82) is 0 Å². The van der Waals surface area contributed by atoms with Crippen LogP contribution in [-0.4, -0.2) is 37.2 Å². The molecule has 420 valence electrons. The molecule has 0 aromatic carbocycles. The summed E-state index contributed by atoms with van der Waals surface area (Å²) in [5.74, 6) is -0.885. The highest BCUT2D eigenvalue weighted by Gasteiger charge is 2.19. The van der Waals surface area contributed by atoms with Gasteiger partial charge in [-0.3, -0.25) is 14.4 Å². The third kappa shape index (κ3) is 58.3. The number of hydrogen-bond donors (Lipinski definition) is 0. The maximum atomic E-state index is 12.9. The average molecular weight is 1010 g/mol. The van der Waals surface area contributed by atoms with E-state index in [-0.39, 0.29) is 31.1 Å². The third-order valence-corrected chi connectivity index (χ3v) is 14.0. The van der Waals surface area contributed by atoms with E-state index in [0.717, 1.165) is 96.3 Å². The number of ether oxygens (including phenoxy) is 3. The zero-order valence-electron chi connectivity index (χ0n) is 48.2. The highest BCUT2D eigenvalue weighted by molar-refractivity contribution is 5.71. The molecule has 72 heavy (non-hydrogen) atoms. The van der Waals surface area contributed by atoms with E-state index in [0.29, 0.717) is 19.3 Å². The lowest BCUT2D eigenvalue weighted by molar-refractivity contribution is -0.167. The van der Waals surface area contributed by atoms with Gasteiger partial charge < -0.3 is 14.2 Å². The fourth-order valence-electron chi connectivity index (χ4n) is 9.28. The lowest BCUT2D eigenvalue weighted by atomic mass is 10.0. The second kappa shape index (κ2) is 60.9. The van der Waals surface area contributed by atoms with Gasteiger partial charge in [0, 0.05) is 19.3 Å². The standard InChI is InChI=1S/C66H120O6/c1-4-7-10-13-16-19-22-24-26-28-30-31-32-33-34-35-37-38-40-42-44-47-50-53-56-59-65(68)71-62-63(61-70-64(67)58-55-52-49-46-21-18-15-12-9-6-3)72-66(69)60-57-54-51-48-45-43-41-39-36-29-27-25-23-20-17-14-11-8-5-2/h12,15,17,20,25,27,36,39,63H,4-11,13-14,16,18-19,21-24,26,28-35,37-38,40-62H2,1-3H3/b15-12-,20-17-,27-25-,39-36-. The van der Waals surface area contributed by atoms with Gasteiger partial charge in [0.25, 0.3) is 0 Å². The minimum Gasteiger partial charge on any atom is -0.462 e. The molecular weight excluding hydrogens is 889 g/mol. The summed E-state index contributed by atoms with van der Waals surface area (Å²) >= 11 is 0. The van der Waals surface area contributed by atoms with Gasteiger partial charge in [0.05, 0.1) is 0 Å². The van der Waals surface area contributed by atoms with Crippen LogP contribution in [0.25, 0.3) is 0 Å². The molecule has 6 nitrogen and oxygen atoms in total. The Kier molecular flexibility index (Phi) is 58.7. The van der Waals surface area contributed by atoms with E-state index in [9.17, 15) is 14.4 Å². The highest BCUT2D eigenvalue weighted by atomic mass is 16.6. The Morgan fingerprint density at radius 3 is 0.875 bits per heavy atom. The Labute approximate surface area is 448 Å². The van der Waals surface area contributed by atoms with Crippen molar-refractivity contribution in [3.8, 4) is 0 Å². The number of carbonyl (C=O) groups excluding carboxylic acids is 3. The van der Waals surface area contributed by atoms with Crippen molar-refractivity contribution in [2.45, 2.75) is 341 Å². The second-order valence-corrected chi connectivity index (χ2v) is 21.3. The summed E-state index contributed by atoms with van der Waals surface area (Å²) < 4.78 is 16.9. The number of rotatable bonds is 58. The lowest BCUT2D eigenvalue weighted by Crippen LogP contribution is -2.30. The van der Waals surface area contributed by atoms with Crippen LogP contribution in [0.5, 0.6) is 0 Å². The van der Waals surface area contributed by atoms with Gasteiger partial charge in [0.15, 0.2) is 6.10 Å². The summed E-state index contributed by atoms with van der Waals surface area (Å²) in [6, 6.07) is 0. The van der Waals surface area contributed by atoms with E-state index >= 15 is 0 Å². The molecule has 0 amide bonds. The molecule has 1 unspecified atom stereocenters. The van der Waals surface area contributed by atoms with Crippen LogP contribution in [0.3, 0.4) is 0 Å². The average Bonchev–Trinajstić information content (AvgIpc) is 3.38. The molecule has 0 bridgehead atoms. The SMILES string of the molecule is CCC/C=C\CCCCCCCC(=O)OCC(COC(=O)CCCCCCCCCCCCCCCCCCCCCCCCCCC)OC(=O)CCCCCCCC/C=C\C/C=C\C/C=C\CCCCC. The first-order valence-corrected chi connectivity index (χ1v) is 31.6. The van der Waals surface area contributed by atoms with Crippen LogP contribution in [0.2, 0.25) is 0 Å². The molecule has 0 heterocycles. The summed E-state index contributed by atoms with van der Waals surface area (Å²) in [5, 5.41) is 0. The normalized spacial score (nSPS) is 12.3. The molecular formula is C66H120O6. The Morgan fingerprint density at radius 2 is 0.528 bits per heavy atom. The Morgan fingerprint density at radius 1 is 0.278 bits per heavy atom. The first-order valence-electron chi connectivity index (χ1n) is 31.6. The molecule has 0 rings (SSSR count). The Balaban J connectivity index is 4.21. The third-order valence-electron chi connectivity index (χ3n) is 14.0. The van der Waals surface area contributed by atoms with E-state index in [1.54, 1.807) is 0 Å². The maximum absolute atomic E-state index is 12.9. The van der Waals surface area contributed by atoms with Crippen molar-refractivity contribution in [3.63, 3.8) is 0 Å². The minimum absolute atomic E-state index is 0.0781. The van der Waals surface area contributed by atoms with Crippen LogP contribution >= 0.6 is 0 Å². The van der Waals surface area contributed by atoms with Crippen molar-refractivity contribution < 1.29 is 28.6 Å². The monoisotopic (exact) mass is 1010 g/mol. The van der Waals surface area contributed by atoms with Gasteiger partial charge in [-0.15, -0.1) is 0 Å². The molecule has 0 aliphatic carbocycles. The van der Waals surface area contributed by atoms with E-state index in [1.165, 1.54) is 199 Å². The molecule has 0 aromatic heterocycles. The van der Waals surface area contributed by atoms with E-state index < -0.39 is 6.10 Å². The quantitative estimate of drug-likeness (QED) is 0.0261. The predicted octanol–water partition coefficient (Wildman–Crippen LogP) is 21.4. The molecule has 0 saturated heterocycles. The van der Waals surface area contributed by atoms with Crippen molar-refractivity contribution >= 4 is 17.9 Å². The molecule has 1 atom stereocenters. The largest absolute Gasteiger partial charge is 0.462 e. The van der Waals surface area contributed by atoms with Crippen molar-refractivity contribution in [2.75, 3.05) is 13.2 Å². The smallest absolute Gasteiger partial charge is 0.306 e. The molecule has 0 saturated carbocycles. The Hall–Kier alpha value is -2.63. The summed E-state index contributed by atoms with van der Waals surface area (Å²) in [5.41, 5.74) is 0. The zero-order valence-corrected chi connectivity index (χ0v) is 48.2. The van der Waals surface area contributed by atoms with Gasteiger partial charge in [-0.25, -0.2) is 0 Å². The van der Waals surface area contributed by atoms with Crippen LogP contribution < -0.4 is 0 Å². The number of unbranched alkanes of at least 4 members (excludes halogenated alkanes) is 39. The fraction of sp³-hybridized carbons (Fsp3) is 0.833. The van der Waals surface area contributed by atoms with Gasteiger partial charge >= 0.3 is 17.9 Å². The van der Waals surface area contributed by atoms with Gasteiger partial charge in [0.1, 0.15) is 13.2 Å². The highest BCUT2D eigenvalue weighted by Crippen LogP contribution is 2.17. The number of esters is 3. The first kappa shape index (κ1) is 69.4. The summed E-state index contributed by atoms with van der Waals surface area (Å²) in [6.45, 7) is 6.58. The molecule has 0 aliphatic heterocycles. The van der Waals surface area contributed by atoms with Crippen molar-refractivity contribution in [3.05, 3.63) is 48.6 Å². The summed E-state index contributed by atoms with van der Waals surface area (Å²) in [6.07, 6.45) is 75.6. The van der Waals surface area contributed by atoms with Crippen LogP contribution in [0.4, 0.5) is 0 Å². The molecule has 0 fully saturated rings. The molecule has 0 aliphatic rings. The minimum atomic E-state index is -0.782. The van der Waals surface area contributed by atoms with Crippen LogP contribution in [0.15, 0.2) is 48.6 Å². The number of hydrogen-bond acceptors (Lipinski definition) is 6. The molecule has 0 N–H and O–H groups in total. The van der Waals surface area contributed by atoms with E-state index in [4.69, 9.17) is 14.2 Å². The first-order chi connectivity index (χ1) is 35.5. The molecule has 0 spiro atoms. The molecule has 0 aromatic rings. The Bertz CT molecular complexity index is 1250. The molecule has 0 radical (unpaired) electrons. The van der Waals surface area contributed by atoms with Gasteiger partial charge in [-0.1, -0.05) is 288 Å².